The Morgan fingerprint density at radius 3 is 2.63 bits per heavy atom. The molecule has 2 N–H and O–H groups in total. The molecule has 0 aliphatic rings. The van der Waals surface area contributed by atoms with Crippen molar-refractivity contribution >= 4 is 17.4 Å². The van der Waals surface area contributed by atoms with Gasteiger partial charge in [0.1, 0.15) is 5.60 Å². The molecule has 1 aromatic heterocycles. The van der Waals surface area contributed by atoms with E-state index in [-0.39, 0.29) is 6.09 Å². The van der Waals surface area contributed by atoms with E-state index in [0.29, 0.717) is 12.6 Å². The predicted molar refractivity (Wildman–Crippen MR) is 79.7 cm³/mol. The second kappa shape index (κ2) is 6.91. The zero-order chi connectivity index (χ0) is 14.5. The summed E-state index contributed by atoms with van der Waals surface area (Å²) >= 11 is 1.76. The number of amides is 1. The molecule has 19 heavy (non-hydrogen) atoms. The van der Waals surface area contributed by atoms with Crippen LogP contribution in [-0.4, -0.2) is 24.8 Å². The van der Waals surface area contributed by atoms with Crippen molar-refractivity contribution in [2.45, 2.75) is 46.3 Å². The molecule has 0 fully saturated rings. The van der Waals surface area contributed by atoms with Gasteiger partial charge in [-0.05, 0) is 51.6 Å². The summed E-state index contributed by atoms with van der Waals surface area (Å²) in [6.07, 6.45) is -0.366. The van der Waals surface area contributed by atoms with Gasteiger partial charge in [0, 0.05) is 24.0 Å². The van der Waals surface area contributed by atoms with Gasteiger partial charge in [-0.25, -0.2) is 4.79 Å². The van der Waals surface area contributed by atoms with Crippen molar-refractivity contribution in [3.8, 4) is 0 Å². The number of nitrogens with one attached hydrogen (secondary N) is 2. The van der Waals surface area contributed by atoms with E-state index >= 15 is 0 Å². The fraction of sp³-hybridized carbons (Fsp3) is 0.643. The van der Waals surface area contributed by atoms with Crippen LogP contribution in [0, 0.1) is 6.92 Å². The number of ether oxygens (including phenoxy) is 1. The van der Waals surface area contributed by atoms with Crippen LogP contribution in [0.3, 0.4) is 0 Å². The lowest BCUT2D eigenvalue weighted by Gasteiger charge is -2.20. The van der Waals surface area contributed by atoms with Crippen LogP contribution in [-0.2, 0) is 4.74 Å². The number of aryl methyl sites for hydroxylation is 1. The van der Waals surface area contributed by atoms with Crippen LogP contribution in [0.25, 0.3) is 0 Å². The Balaban J connectivity index is 2.21. The molecule has 0 spiro atoms. The molecule has 1 aromatic rings. The third kappa shape index (κ3) is 6.07. The highest BCUT2D eigenvalue weighted by Gasteiger charge is 2.15. The number of hydrogen-bond acceptors (Lipinski definition) is 4. The summed E-state index contributed by atoms with van der Waals surface area (Å²) in [5.74, 6) is 0. The average Bonchev–Trinajstić information content (AvgIpc) is 2.68. The van der Waals surface area contributed by atoms with E-state index in [1.54, 1.807) is 11.3 Å². The summed E-state index contributed by atoms with van der Waals surface area (Å²) in [5.41, 5.74) is 0.865. The minimum absolute atomic E-state index is 0.306. The number of carbonyl (C=O) groups is 1. The third-order valence-corrected chi connectivity index (χ3v) is 3.74. The molecule has 108 valence electrons. The maximum atomic E-state index is 11.4. The summed E-state index contributed by atoms with van der Waals surface area (Å²) in [6, 6.07) is 2.43. The van der Waals surface area contributed by atoms with E-state index in [1.807, 2.05) is 20.8 Å². The van der Waals surface area contributed by atoms with Crippen LogP contribution >= 0.6 is 11.3 Å². The number of hydrogen-bond donors (Lipinski definition) is 2. The maximum Gasteiger partial charge on any atom is 0.407 e. The lowest BCUT2D eigenvalue weighted by Crippen LogP contribution is -2.36. The molecule has 0 bridgehead atoms. The third-order valence-electron chi connectivity index (χ3n) is 2.54. The first-order valence-electron chi connectivity index (χ1n) is 6.54. The Labute approximate surface area is 119 Å². The van der Waals surface area contributed by atoms with E-state index in [4.69, 9.17) is 4.74 Å². The Bertz CT molecular complexity index is 410. The number of thiophene rings is 1. The smallest absolute Gasteiger partial charge is 0.407 e. The van der Waals surface area contributed by atoms with E-state index < -0.39 is 5.60 Å². The van der Waals surface area contributed by atoms with Crippen LogP contribution in [0.4, 0.5) is 4.79 Å². The zero-order valence-electron chi connectivity index (χ0n) is 12.4. The van der Waals surface area contributed by atoms with E-state index in [2.05, 4.69) is 35.9 Å². The van der Waals surface area contributed by atoms with Crippen molar-refractivity contribution in [2.24, 2.45) is 0 Å². The minimum Gasteiger partial charge on any atom is -0.444 e. The highest BCUT2D eigenvalue weighted by atomic mass is 32.1. The first-order valence-corrected chi connectivity index (χ1v) is 7.42. The van der Waals surface area contributed by atoms with Crippen LogP contribution in [0.15, 0.2) is 11.4 Å². The second-order valence-electron chi connectivity index (χ2n) is 5.57. The van der Waals surface area contributed by atoms with Crippen molar-refractivity contribution in [1.82, 2.24) is 10.6 Å². The van der Waals surface area contributed by atoms with E-state index in [9.17, 15) is 4.79 Å². The molecular weight excluding hydrogens is 260 g/mol. The van der Waals surface area contributed by atoms with E-state index in [0.717, 1.165) is 6.54 Å². The van der Waals surface area contributed by atoms with Gasteiger partial charge in [-0.3, -0.25) is 0 Å². The maximum absolute atomic E-state index is 11.4. The average molecular weight is 284 g/mol. The topological polar surface area (TPSA) is 50.4 Å². The standard InChI is InChI=1S/C14H24N2O2S/c1-10-6-9-19-12(10)11(2)15-7-8-16-13(17)18-14(3,4)5/h6,9,11,15H,7-8H2,1-5H3,(H,16,17). The number of rotatable bonds is 5. The number of alkyl carbamates (subject to hydrolysis) is 1. The normalized spacial score (nSPS) is 13.1. The van der Waals surface area contributed by atoms with Gasteiger partial charge < -0.3 is 15.4 Å². The predicted octanol–water partition coefficient (Wildman–Crippen LogP) is 3.23. The largest absolute Gasteiger partial charge is 0.444 e. The molecule has 0 saturated carbocycles. The van der Waals surface area contributed by atoms with Gasteiger partial charge in [-0.2, -0.15) is 0 Å². The first-order chi connectivity index (χ1) is 8.79. The molecule has 0 radical (unpaired) electrons. The second-order valence-corrected chi connectivity index (χ2v) is 6.52. The van der Waals surface area contributed by atoms with Crippen molar-refractivity contribution in [3.05, 3.63) is 21.9 Å². The van der Waals surface area contributed by atoms with Crippen molar-refractivity contribution < 1.29 is 9.53 Å². The Morgan fingerprint density at radius 1 is 1.42 bits per heavy atom. The number of carbonyl (C=O) groups excluding carboxylic acids is 1. The van der Waals surface area contributed by atoms with Crippen LogP contribution < -0.4 is 10.6 Å². The molecule has 1 unspecified atom stereocenters. The Morgan fingerprint density at radius 2 is 2.11 bits per heavy atom. The molecule has 4 nitrogen and oxygen atoms in total. The van der Waals surface area contributed by atoms with Gasteiger partial charge in [0.05, 0.1) is 0 Å². The van der Waals surface area contributed by atoms with Gasteiger partial charge in [-0.1, -0.05) is 0 Å². The van der Waals surface area contributed by atoms with Crippen LogP contribution in [0.1, 0.15) is 44.2 Å². The molecule has 0 aromatic carbocycles. The van der Waals surface area contributed by atoms with E-state index in [1.165, 1.54) is 10.4 Å². The van der Waals surface area contributed by atoms with Crippen molar-refractivity contribution in [2.75, 3.05) is 13.1 Å². The SMILES string of the molecule is Cc1ccsc1C(C)NCCNC(=O)OC(C)(C)C. The highest BCUT2D eigenvalue weighted by molar-refractivity contribution is 7.10. The molecular formula is C14H24N2O2S. The zero-order valence-corrected chi connectivity index (χ0v) is 13.2. The minimum atomic E-state index is -0.446. The molecule has 0 aliphatic heterocycles. The van der Waals surface area contributed by atoms with Crippen LogP contribution in [0.2, 0.25) is 0 Å². The summed E-state index contributed by atoms with van der Waals surface area (Å²) in [4.78, 5) is 12.8. The van der Waals surface area contributed by atoms with Gasteiger partial charge >= 0.3 is 6.09 Å². The van der Waals surface area contributed by atoms with Gasteiger partial charge in [0.15, 0.2) is 0 Å². The lowest BCUT2D eigenvalue weighted by atomic mass is 10.2. The molecule has 1 amide bonds. The van der Waals surface area contributed by atoms with Crippen LogP contribution in [0.5, 0.6) is 0 Å². The molecule has 1 heterocycles. The monoisotopic (exact) mass is 284 g/mol. The highest BCUT2D eigenvalue weighted by Crippen LogP contribution is 2.22. The summed E-state index contributed by atoms with van der Waals surface area (Å²) in [5, 5.41) is 8.22. The fourth-order valence-corrected chi connectivity index (χ4v) is 2.65. The molecule has 1 atom stereocenters. The molecule has 0 saturated heterocycles. The fourth-order valence-electron chi connectivity index (χ4n) is 1.69. The molecule has 1 rings (SSSR count). The Kier molecular flexibility index (Phi) is 5.82. The summed E-state index contributed by atoms with van der Waals surface area (Å²) in [7, 11) is 0. The Hall–Kier alpha value is -1.07. The van der Waals surface area contributed by atoms with Gasteiger partial charge in [0.2, 0.25) is 0 Å². The molecule has 0 aliphatic carbocycles. The summed E-state index contributed by atoms with van der Waals surface area (Å²) in [6.45, 7) is 11.1. The summed E-state index contributed by atoms with van der Waals surface area (Å²) < 4.78 is 5.16. The first kappa shape index (κ1) is 16.0. The van der Waals surface area contributed by atoms with Gasteiger partial charge in [-0.15, -0.1) is 11.3 Å². The quantitative estimate of drug-likeness (QED) is 0.816. The molecule has 5 heteroatoms. The lowest BCUT2D eigenvalue weighted by molar-refractivity contribution is 0.0528. The van der Waals surface area contributed by atoms with Gasteiger partial charge in [0.25, 0.3) is 0 Å². The van der Waals surface area contributed by atoms with Crippen molar-refractivity contribution in [1.29, 1.82) is 0 Å². The van der Waals surface area contributed by atoms with Crippen molar-refractivity contribution in [3.63, 3.8) is 0 Å².